The van der Waals surface area contributed by atoms with E-state index in [1.807, 2.05) is 11.8 Å². The predicted octanol–water partition coefficient (Wildman–Crippen LogP) is 15.1. The number of nitrogens with zero attached hydrogens (tertiary/aromatic N) is 1. The van der Waals surface area contributed by atoms with Gasteiger partial charge in [0.15, 0.2) is 0 Å². The molecule has 57 heavy (non-hydrogen) atoms. The van der Waals surface area contributed by atoms with Crippen molar-refractivity contribution in [3.05, 3.63) is 235 Å². The van der Waals surface area contributed by atoms with Crippen LogP contribution in [0.25, 0.3) is 54.6 Å². The topological polar surface area (TPSA) is 3.24 Å². The minimum absolute atomic E-state index is 0.501. The van der Waals surface area contributed by atoms with Crippen LogP contribution in [0, 0.1) is 0 Å². The monoisotopic (exact) mass is 741 g/mol. The van der Waals surface area contributed by atoms with E-state index in [0.717, 1.165) is 11.4 Å². The van der Waals surface area contributed by atoms with Crippen molar-refractivity contribution in [1.29, 1.82) is 0 Å². The van der Waals surface area contributed by atoms with Gasteiger partial charge < -0.3 is 4.90 Å². The molecule has 0 N–H and O–H groups in total. The fourth-order valence-corrected chi connectivity index (χ4v) is 11.2. The molecule has 1 nitrogen and oxygen atoms in total. The zero-order chi connectivity index (χ0) is 37.5. The van der Waals surface area contributed by atoms with Crippen molar-refractivity contribution in [2.24, 2.45) is 0 Å². The van der Waals surface area contributed by atoms with Crippen LogP contribution in [0.5, 0.6) is 0 Å². The molecule has 0 radical (unpaired) electrons. The van der Waals surface area contributed by atoms with Crippen molar-refractivity contribution >= 4 is 61.1 Å². The van der Waals surface area contributed by atoms with Gasteiger partial charge in [0.2, 0.25) is 0 Å². The number of anilines is 3. The van der Waals surface area contributed by atoms with Gasteiger partial charge in [0.05, 0.1) is 16.8 Å². The van der Waals surface area contributed by atoms with Crippen LogP contribution in [-0.2, 0) is 5.41 Å². The quantitative estimate of drug-likeness (QED) is 0.177. The molecule has 0 saturated carbocycles. The van der Waals surface area contributed by atoms with Gasteiger partial charge >= 0.3 is 0 Å². The van der Waals surface area contributed by atoms with Crippen molar-refractivity contribution in [2.75, 3.05) is 4.90 Å². The zero-order valence-corrected chi connectivity index (χ0v) is 31.9. The molecule has 0 aromatic heterocycles. The Bertz CT molecular complexity index is 3230. The van der Waals surface area contributed by atoms with Gasteiger partial charge in [0, 0.05) is 31.8 Å². The lowest BCUT2D eigenvalue weighted by Crippen LogP contribution is -2.36. The summed E-state index contributed by atoms with van der Waals surface area (Å²) in [6.07, 6.45) is 0. The Balaban J connectivity index is 1.19. The standard InChI is InChI=1S/C55H35NS/c1-2-15-37(16-3-1)43-33-31-38-18-5-7-23-42(38)54(43)56(50-29-14-19-36-17-4-6-22-41(36)50)40-32-34-48-52(35-40)57-51-30-11-10-27-47(51)55(48)46-26-9-8-24-44(46)45-25-12-20-39-21-13-28-49(55)53(39)45/h1-35H. The molecular formula is C55H35NS. The van der Waals surface area contributed by atoms with Crippen LogP contribution >= 0.6 is 11.8 Å². The molecule has 266 valence electrons. The van der Waals surface area contributed by atoms with Gasteiger partial charge in [0.1, 0.15) is 0 Å². The van der Waals surface area contributed by atoms with E-state index in [1.54, 1.807) is 0 Å². The highest BCUT2D eigenvalue weighted by atomic mass is 32.2. The first-order valence-electron chi connectivity index (χ1n) is 19.7. The van der Waals surface area contributed by atoms with Gasteiger partial charge in [-0.25, -0.2) is 0 Å². The van der Waals surface area contributed by atoms with E-state index >= 15 is 0 Å². The fourth-order valence-electron chi connectivity index (χ4n) is 9.96. The molecule has 1 spiro atoms. The Labute approximate surface area is 336 Å². The third-order valence-electron chi connectivity index (χ3n) is 12.3. The highest BCUT2D eigenvalue weighted by Crippen LogP contribution is 2.62. The van der Waals surface area contributed by atoms with Gasteiger partial charge in [0.25, 0.3) is 0 Å². The normalized spacial score (nSPS) is 15.0. The second-order valence-electron chi connectivity index (χ2n) is 15.2. The first kappa shape index (κ1) is 32.4. The summed E-state index contributed by atoms with van der Waals surface area (Å²) in [6.45, 7) is 0. The van der Waals surface area contributed by atoms with E-state index in [-0.39, 0.29) is 0 Å². The van der Waals surface area contributed by atoms with E-state index in [0.29, 0.717) is 0 Å². The van der Waals surface area contributed by atoms with Crippen LogP contribution in [0.15, 0.2) is 222 Å². The third-order valence-corrected chi connectivity index (χ3v) is 13.4. The Morgan fingerprint density at radius 3 is 1.86 bits per heavy atom. The minimum Gasteiger partial charge on any atom is -0.309 e. The summed E-state index contributed by atoms with van der Waals surface area (Å²) >= 11 is 1.90. The van der Waals surface area contributed by atoms with Crippen LogP contribution in [0.1, 0.15) is 22.3 Å². The van der Waals surface area contributed by atoms with Gasteiger partial charge in [-0.15, -0.1) is 0 Å². The van der Waals surface area contributed by atoms with Gasteiger partial charge in [-0.1, -0.05) is 200 Å². The molecule has 0 fully saturated rings. The van der Waals surface area contributed by atoms with Crippen LogP contribution in [0.3, 0.4) is 0 Å². The van der Waals surface area contributed by atoms with E-state index in [1.165, 1.54) is 92.3 Å². The summed E-state index contributed by atoms with van der Waals surface area (Å²) in [5, 5.41) is 7.47. The van der Waals surface area contributed by atoms with Gasteiger partial charge in [-0.2, -0.15) is 0 Å². The van der Waals surface area contributed by atoms with E-state index in [2.05, 4.69) is 217 Å². The number of rotatable bonds is 4. The third kappa shape index (κ3) is 4.65. The van der Waals surface area contributed by atoms with Crippen LogP contribution in [-0.4, -0.2) is 0 Å². The molecule has 1 atom stereocenters. The Morgan fingerprint density at radius 1 is 0.368 bits per heavy atom. The minimum atomic E-state index is -0.501. The van der Waals surface area contributed by atoms with Crippen LogP contribution in [0.2, 0.25) is 0 Å². The zero-order valence-electron chi connectivity index (χ0n) is 31.1. The largest absolute Gasteiger partial charge is 0.309 e. The number of fused-ring (bicyclic) bond motifs is 10. The summed E-state index contributed by atoms with van der Waals surface area (Å²) in [5.41, 5.74) is 13.3. The molecular weight excluding hydrogens is 707 g/mol. The van der Waals surface area contributed by atoms with Gasteiger partial charge in [-0.3, -0.25) is 0 Å². The van der Waals surface area contributed by atoms with E-state index in [4.69, 9.17) is 0 Å². The number of hydrogen-bond acceptors (Lipinski definition) is 2. The molecule has 0 saturated heterocycles. The van der Waals surface area contributed by atoms with E-state index in [9.17, 15) is 0 Å². The molecule has 12 rings (SSSR count). The number of hydrogen-bond donors (Lipinski definition) is 0. The van der Waals surface area contributed by atoms with Crippen molar-refractivity contribution in [3.63, 3.8) is 0 Å². The lowest BCUT2D eigenvalue weighted by Gasteiger charge is -2.46. The highest BCUT2D eigenvalue weighted by Gasteiger charge is 2.48. The molecule has 10 aromatic rings. The Hall–Kier alpha value is -6.87. The smallest absolute Gasteiger partial charge is 0.0735 e. The summed E-state index contributed by atoms with van der Waals surface area (Å²) in [5.74, 6) is 0. The molecule has 2 heteroatoms. The molecule has 1 aliphatic heterocycles. The molecule has 1 unspecified atom stereocenters. The second-order valence-corrected chi connectivity index (χ2v) is 16.2. The maximum Gasteiger partial charge on any atom is 0.0735 e. The average Bonchev–Trinajstić information content (AvgIpc) is 3.28. The van der Waals surface area contributed by atoms with Crippen LogP contribution < -0.4 is 4.90 Å². The molecule has 0 amide bonds. The second kappa shape index (κ2) is 12.6. The summed E-state index contributed by atoms with van der Waals surface area (Å²) in [6, 6.07) is 79.0. The molecule has 10 aromatic carbocycles. The van der Waals surface area contributed by atoms with Crippen molar-refractivity contribution in [1.82, 2.24) is 0 Å². The van der Waals surface area contributed by atoms with Crippen LogP contribution in [0.4, 0.5) is 17.1 Å². The fraction of sp³-hybridized carbons (Fsp3) is 0.0182. The first-order valence-corrected chi connectivity index (χ1v) is 20.5. The van der Waals surface area contributed by atoms with Crippen molar-refractivity contribution < 1.29 is 0 Å². The molecule has 2 aliphatic rings. The summed E-state index contributed by atoms with van der Waals surface area (Å²) in [7, 11) is 0. The van der Waals surface area contributed by atoms with Crippen molar-refractivity contribution in [3.8, 4) is 22.3 Å². The SMILES string of the molecule is c1ccc(-c2ccc3ccccc3c2N(c2ccc3c(c2)Sc2ccccc2C32c3ccccc3-c3cccc4cccc2c34)c2cccc3ccccc23)cc1. The maximum absolute atomic E-state index is 2.53. The number of benzene rings is 10. The molecule has 0 bridgehead atoms. The van der Waals surface area contributed by atoms with E-state index < -0.39 is 5.41 Å². The summed E-state index contributed by atoms with van der Waals surface area (Å²) in [4.78, 5) is 5.09. The Kier molecular flexibility index (Phi) is 7.14. The predicted molar refractivity (Wildman–Crippen MR) is 241 cm³/mol. The maximum atomic E-state index is 2.53. The summed E-state index contributed by atoms with van der Waals surface area (Å²) < 4.78 is 0. The molecule has 1 aliphatic carbocycles. The Morgan fingerprint density at radius 2 is 0.982 bits per heavy atom. The van der Waals surface area contributed by atoms with Gasteiger partial charge in [-0.05, 0) is 84.8 Å². The van der Waals surface area contributed by atoms with Crippen molar-refractivity contribution in [2.45, 2.75) is 15.2 Å². The highest BCUT2D eigenvalue weighted by molar-refractivity contribution is 7.99. The first-order chi connectivity index (χ1) is 28.3. The lowest BCUT2D eigenvalue weighted by molar-refractivity contribution is 0.707. The average molecular weight is 742 g/mol. The molecule has 1 heterocycles. The lowest BCUT2D eigenvalue weighted by atomic mass is 9.59.